The van der Waals surface area contributed by atoms with Crippen molar-refractivity contribution < 1.29 is 21.2 Å². The van der Waals surface area contributed by atoms with Gasteiger partial charge in [0.1, 0.15) is 5.82 Å². The quantitative estimate of drug-likeness (QED) is 0.806. The Morgan fingerprint density at radius 2 is 1.50 bits per heavy atom. The average molecular weight is 409 g/mol. The van der Waals surface area contributed by atoms with Gasteiger partial charge in [-0.1, -0.05) is 15.9 Å². The molecular weight excluding hydrogens is 399 g/mol. The van der Waals surface area contributed by atoms with Crippen LogP contribution in [-0.4, -0.2) is 16.8 Å². The highest BCUT2D eigenvalue weighted by atomic mass is 79.9. The topological polar surface area (TPSA) is 106 Å². The highest BCUT2D eigenvalue weighted by Gasteiger charge is 2.18. The van der Waals surface area contributed by atoms with Crippen LogP contribution in [0.5, 0.6) is 0 Å². The number of halogens is 2. The molecule has 0 fully saturated rings. The molecule has 2 aromatic carbocycles. The fourth-order valence-electron chi connectivity index (χ4n) is 1.57. The predicted molar refractivity (Wildman–Crippen MR) is 82.7 cm³/mol. The third-order valence-corrected chi connectivity index (χ3v) is 5.46. The minimum atomic E-state index is -4.07. The van der Waals surface area contributed by atoms with Gasteiger partial charge >= 0.3 is 0 Å². The monoisotopic (exact) mass is 408 g/mol. The van der Waals surface area contributed by atoms with Gasteiger partial charge in [-0.15, -0.1) is 0 Å². The van der Waals surface area contributed by atoms with E-state index in [0.717, 1.165) is 12.1 Å². The molecule has 0 aliphatic carbocycles. The molecule has 0 aromatic heterocycles. The van der Waals surface area contributed by atoms with Gasteiger partial charge in [0, 0.05) is 4.47 Å². The molecule has 22 heavy (non-hydrogen) atoms. The van der Waals surface area contributed by atoms with Gasteiger partial charge in [-0.05, 0) is 42.5 Å². The fourth-order valence-corrected chi connectivity index (χ4v) is 3.43. The van der Waals surface area contributed by atoms with Crippen molar-refractivity contribution in [1.82, 2.24) is 0 Å². The van der Waals surface area contributed by atoms with E-state index >= 15 is 0 Å². The maximum atomic E-state index is 13.8. The summed E-state index contributed by atoms with van der Waals surface area (Å²) in [5.41, 5.74) is -0.379. The lowest BCUT2D eigenvalue weighted by Gasteiger charge is -2.10. The Labute approximate surface area is 135 Å². The van der Waals surface area contributed by atoms with Crippen molar-refractivity contribution >= 4 is 41.7 Å². The van der Waals surface area contributed by atoms with Crippen molar-refractivity contribution in [2.24, 2.45) is 5.14 Å². The first-order chi connectivity index (χ1) is 10.1. The van der Waals surface area contributed by atoms with E-state index in [1.165, 1.54) is 24.3 Å². The largest absolute Gasteiger partial charge is 0.277 e. The number of hydrogen-bond donors (Lipinski definition) is 2. The van der Waals surface area contributed by atoms with Gasteiger partial charge in [0.05, 0.1) is 15.5 Å². The smallest absolute Gasteiger partial charge is 0.261 e. The third-order valence-electron chi connectivity index (χ3n) is 2.64. The molecule has 0 spiro atoms. The van der Waals surface area contributed by atoms with E-state index in [0.29, 0.717) is 10.5 Å². The zero-order valence-electron chi connectivity index (χ0n) is 10.8. The number of benzene rings is 2. The highest BCUT2D eigenvalue weighted by molar-refractivity contribution is 9.10. The van der Waals surface area contributed by atoms with Crippen LogP contribution in [0.2, 0.25) is 0 Å². The van der Waals surface area contributed by atoms with E-state index in [2.05, 4.69) is 15.9 Å². The summed E-state index contributed by atoms with van der Waals surface area (Å²) in [6, 6.07) is 8.37. The molecule has 118 valence electrons. The lowest BCUT2D eigenvalue weighted by Crippen LogP contribution is -2.15. The van der Waals surface area contributed by atoms with Crippen LogP contribution in [-0.2, 0) is 20.0 Å². The summed E-state index contributed by atoms with van der Waals surface area (Å²) < 4.78 is 63.0. The molecule has 2 rings (SSSR count). The van der Waals surface area contributed by atoms with E-state index in [1.54, 1.807) is 0 Å². The number of sulfonamides is 2. The molecular formula is C12H10BrFN2O4S2. The average Bonchev–Trinajstić information content (AvgIpc) is 2.40. The second kappa shape index (κ2) is 5.95. The first-order valence-electron chi connectivity index (χ1n) is 5.70. The molecule has 0 unspecified atom stereocenters. The van der Waals surface area contributed by atoms with Crippen molar-refractivity contribution in [2.45, 2.75) is 9.79 Å². The van der Waals surface area contributed by atoms with Crippen molar-refractivity contribution in [3.05, 3.63) is 52.8 Å². The second-order valence-corrected chi connectivity index (χ2v) is 8.41. The molecule has 10 heteroatoms. The maximum absolute atomic E-state index is 13.8. The minimum absolute atomic E-state index is 0.0642. The minimum Gasteiger partial charge on any atom is -0.277 e. The molecule has 0 aliphatic rings. The first-order valence-corrected chi connectivity index (χ1v) is 9.52. The zero-order chi connectivity index (χ0) is 16.5. The van der Waals surface area contributed by atoms with E-state index in [9.17, 15) is 21.2 Å². The first kappa shape index (κ1) is 16.9. The SMILES string of the molecule is NS(=O)(=O)c1ccc(NS(=O)(=O)c2ccc(Br)cc2)c(F)c1. The molecule has 0 bridgehead atoms. The van der Waals surface area contributed by atoms with E-state index in [4.69, 9.17) is 5.14 Å². The van der Waals surface area contributed by atoms with E-state index in [1.807, 2.05) is 4.72 Å². The lowest BCUT2D eigenvalue weighted by atomic mass is 10.3. The second-order valence-electron chi connectivity index (χ2n) is 4.25. The maximum Gasteiger partial charge on any atom is 0.261 e. The highest BCUT2D eigenvalue weighted by Crippen LogP contribution is 2.22. The molecule has 0 radical (unpaired) electrons. The molecule has 0 amide bonds. The van der Waals surface area contributed by atoms with Crippen LogP contribution in [0.3, 0.4) is 0 Å². The predicted octanol–water partition coefficient (Wildman–Crippen LogP) is 2.04. The van der Waals surface area contributed by atoms with Crippen LogP contribution in [0.1, 0.15) is 0 Å². The summed E-state index contributed by atoms with van der Waals surface area (Å²) >= 11 is 3.17. The standard InChI is InChI=1S/C12H10BrFN2O4S2/c13-8-1-3-9(4-2-8)22(19,20)16-12-6-5-10(7-11(12)14)21(15,17)18/h1-7,16H,(H2,15,17,18). The van der Waals surface area contributed by atoms with E-state index in [-0.39, 0.29) is 10.6 Å². The van der Waals surface area contributed by atoms with Gasteiger partial charge in [-0.25, -0.2) is 26.4 Å². The summed E-state index contributed by atoms with van der Waals surface area (Å²) in [5.74, 6) is -1.05. The zero-order valence-corrected chi connectivity index (χ0v) is 14.0. The Morgan fingerprint density at radius 1 is 0.955 bits per heavy atom. The number of anilines is 1. The van der Waals surface area contributed by atoms with Crippen LogP contribution >= 0.6 is 15.9 Å². The Kier molecular flexibility index (Phi) is 4.57. The van der Waals surface area contributed by atoms with Crippen LogP contribution in [0.15, 0.2) is 56.7 Å². The molecule has 0 heterocycles. The van der Waals surface area contributed by atoms with Crippen molar-refractivity contribution in [3.8, 4) is 0 Å². The summed E-state index contributed by atoms with van der Waals surface area (Å²) in [4.78, 5) is -0.512. The molecule has 2 aromatic rings. The molecule has 0 aliphatic heterocycles. The molecule has 3 N–H and O–H groups in total. The van der Waals surface area contributed by atoms with Crippen molar-refractivity contribution in [1.29, 1.82) is 0 Å². The number of primary sulfonamides is 1. The summed E-state index contributed by atoms with van der Waals surface area (Å²) in [7, 11) is -8.06. The van der Waals surface area contributed by atoms with Gasteiger partial charge in [-0.3, -0.25) is 4.72 Å². The Hall–Kier alpha value is -1.49. The molecule has 6 nitrogen and oxygen atoms in total. The lowest BCUT2D eigenvalue weighted by molar-refractivity contribution is 0.592. The molecule has 0 saturated carbocycles. The van der Waals surface area contributed by atoms with Gasteiger partial charge in [0.2, 0.25) is 10.0 Å². The Morgan fingerprint density at radius 3 is 2.00 bits per heavy atom. The Balaban J connectivity index is 2.36. The molecule has 0 atom stereocenters. The summed E-state index contributed by atoms with van der Waals surface area (Å²) in [5, 5.41) is 4.87. The van der Waals surface area contributed by atoms with Crippen LogP contribution < -0.4 is 9.86 Å². The molecule has 0 saturated heterocycles. The normalized spacial score (nSPS) is 12.1. The van der Waals surface area contributed by atoms with Gasteiger partial charge < -0.3 is 0 Å². The van der Waals surface area contributed by atoms with E-state index < -0.39 is 30.8 Å². The summed E-state index contributed by atoms with van der Waals surface area (Å²) in [6.07, 6.45) is 0. The van der Waals surface area contributed by atoms with Gasteiger partial charge in [-0.2, -0.15) is 0 Å². The van der Waals surface area contributed by atoms with Crippen LogP contribution in [0, 0.1) is 5.82 Å². The van der Waals surface area contributed by atoms with Gasteiger partial charge in [0.15, 0.2) is 0 Å². The third kappa shape index (κ3) is 3.83. The number of hydrogen-bond acceptors (Lipinski definition) is 4. The van der Waals surface area contributed by atoms with Gasteiger partial charge in [0.25, 0.3) is 10.0 Å². The fraction of sp³-hybridized carbons (Fsp3) is 0. The Bertz CT molecular complexity index is 913. The van der Waals surface area contributed by atoms with Crippen molar-refractivity contribution in [3.63, 3.8) is 0 Å². The van der Waals surface area contributed by atoms with Crippen LogP contribution in [0.25, 0.3) is 0 Å². The summed E-state index contributed by atoms with van der Waals surface area (Å²) in [6.45, 7) is 0. The van der Waals surface area contributed by atoms with Crippen LogP contribution in [0.4, 0.5) is 10.1 Å². The van der Waals surface area contributed by atoms with Crippen molar-refractivity contribution in [2.75, 3.05) is 4.72 Å². The number of nitrogens with two attached hydrogens (primary N) is 1. The number of rotatable bonds is 4. The number of nitrogens with one attached hydrogen (secondary N) is 1.